The van der Waals surface area contributed by atoms with Gasteiger partial charge in [-0.25, -0.2) is 0 Å². The van der Waals surface area contributed by atoms with Gasteiger partial charge in [-0.1, -0.05) is 0 Å². The van der Waals surface area contributed by atoms with Gasteiger partial charge in [-0.15, -0.1) is 0 Å². The van der Waals surface area contributed by atoms with Gasteiger partial charge in [0.25, 0.3) is 0 Å². The minimum atomic E-state index is -0.348. The molecule has 0 N–H and O–H groups in total. The van der Waals surface area contributed by atoms with Gasteiger partial charge in [0.1, 0.15) is 0 Å². The lowest BCUT2D eigenvalue weighted by Crippen LogP contribution is -2.25. The zero-order chi connectivity index (χ0) is 13.9. The SMILES string of the molecule is CCOC(=O)CCC(=O)OCC1CCC2(C)OC2C1. The maximum Gasteiger partial charge on any atom is 0.306 e. The lowest BCUT2D eigenvalue weighted by molar-refractivity contribution is -0.151. The smallest absolute Gasteiger partial charge is 0.306 e. The number of rotatable bonds is 6. The Morgan fingerprint density at radius 2 is 1.95 bits per heavy atom. The number of epoxide rings is 1. The third kappa shape index (κ3) is 3.93. The van der Waals surface area contributed by atoms with Crippen LogP contribution in [-0.2, 0) is 23.8 Å². The fraction of sp³-hybridized carbons (Fsp3) is 0.857. The monoisotopic (exact) mass is 270 g/mol. The summed E-state index contributed by atoms with van der Waals surface area (Å²) in [4.78, 5) is 22.6. The van der Waals surface area contributed by atoms with Crippen LogP contribution in [0.25, 0.3) is 0 Å². The molecule has 0 aromatic rings. The Morgan fingerprint density at radius 1 is 1.26 bits per heavy atom. The lowest BCUT2D eigenvalue weighted by Gasteiger charge is -2.21. The van der Waals surface area contributed by atoms with E-state index in [1.54, 1.807) is 6.92 Å². The highest BCUT2D eigenvalue weighted by atomic mass is 16.6. The standard InChI is InChI=1S/C14H22O5/c1-3-17-12(15)4-5-13(16)18-9-10-6-7-14(2)11(8-10)19-14/h10-11H,3-9H2,1-2H3. The molecule has 3 atom stereocenters. The van der Waals surface area contributed by atoms with Crippen LogP contribution < -0.4 is 0 Å². The van der Waals surface area contributed by atoms with E-state index in [1.807, 2.05) is 0 Å². The van der Waals surface area contributed by atoms with Crippen LogP contribution in [-0.4, -0.2) is 36.9 Å². The minimum Gasteiger partial charge on any atom is -0.466 e. The molecule has 1 aliphatic carbocycles. The number of carbonyl (C=O) groups is 2. The van der Waals surface area contributed by atoms with Crippen molar-refractivity contribution in [2.45, 2.75) is 57.7 Å². The van der Waals surface area contributed by atoms with Crippen molar-refractivity contribution in [2.75, 3.05) is 13.2 Å². The molecule has 1 heterocycles. The van der Waals surface area contributed by atoms with E-state index >= 15 is 0 Å². The van der Waals surface area contributed by atoms with Gasteiger partial charge in [0.05, 0.1) is 37.8 Å². The van der Waals surface area contributed by atoms with E-state index in [0.29, 0.717) is 25.2 Å². The average molecular weight is 270 g/mol. The third-order valence-corrected chi connectivity index (χ3v) is 3.95. The molecule has 0 aromatic carbocycles. The summed E-state index contributed by atoms with van der Waals surface area (Å²) in [5, 5.41) is 0. The Morgan fingerprint density at radius 3 is 2.58 bits per heavy atom. The maximum atomic E-state index is 11.5. The Kier molecular flexibility index (Phi) is 4.45. The average Bonchev–Trinajstić information content (AvgIpc) is 3.05. The number of carbonyl (C=O) groups excluding carboxylic acids is 2. The Labute approximate surface area is 113 Å². The van der Waals surface area contributed by atoms with Crippen LogP contribution in [0.4, 0.5) is 0 Å². The van der Waals surface area contributed by atoms with Gasteiger partial charge in [-0.05, 0) is 39.0 Å². The van der Waals surface area contributed by atoms with E-state index in [4.69, 9.17) is 14.2 Å². The molecule has 5 nitrogen and oxygen atoms in total. The number of ether oxygens (including phenoxy) is 3. The van der Waals surface area contributed by atoms with Gasteiger partial charge in [0.15, 0.2) is 0 Å². The summed E-state index contributed by atoms with van der Waals surface area (Å²) in [5.41, 5.74) is 0.102. The topological polar surface area (TPSA) is 65.1 Å². The molecule has 108 valence electrons. The van der Waals surface area contributed by atoms with E-state index in [2.05, 4.69) is 6.92 Å². The fourth-order valence-electron chi connectivity index (χ4n) is 2.59. The molecule has 1 aliphatic heterocycles. The third-order valence-electron chi connectivity index (χ3n) is 3.95. The van der Waals surface area contributed by atoms with Crippen LogP contribution in [0.2, 0.25) is 0 Å². The van der Waals surface area contributed by atoms with Gasteiger partial charge < -0.3 is 14.2 Å². The largest absolute Gasteiger partial charge is 0.466 e. The minimum absolute atomic E-state index is 0.0984. The molecule has 5 heteroatoms. The predicted octanol–water partition coefficient (Wildman–Crippen LogP) is 1.83. The van der Waals surface area contributed by atoms with Crippen LogP contribution in [0.3, 0.4) is 0 Å². The summed E-state index contributed by atoms with van der Waals surface area (Å²) in [6, 6.07) is 0. The van der Waals surface area contributed by atoms with E-state index in [0.717, 1.165) is 19.3 Å². The normalized spacial score (nSPS) is 32.3. The number of hydrogen-bond donors (Lipinski definition) is 0. The quantitative estimate of drug-likeness (QED) is 0.544. The molecule has 19 heavy (non-hydrogen) atoms. The molecule has 2 rings (SSSR count). The highest BCUT2D eigenvalue weighted by molar-refractivity contribution is 5.77. The lowest BCUT2D eigenvalue weighted by atomic mass is 9.83. The number of esters is 2. The van der Waals surface area contributed by atoms with Crippen LogP contribution >= 0.6 is 0 Å². The molecule has 0 spiro atoms. The first-order chi connectivity index (χ1) is 9.03. The summed E-state index contributed by atoms with van der Waals surface area (Å²) < 4.78 is 15.6. The van der Waals surface area contributed by atoms with E-state index in [1.165, 1.54) is 0 Å². The molecule has 0 bridgehead atoms. The zero-order valence-corrected chi connectivity index (χ0v) is 11.6. The molecule has 2 aliphatic rings. The van der Waals surface area contributed by atoms with Crippen molar-refractivity contribution in [1.29, 1.82) is 0 Å². The second-order valence-corrected chi connectivity index (χ2v) is 5.55. The molecular formula is C14H22O5. The van der Waals surface area contributed by atoms with Crippen molar-refractivity contribution >= 4 is 11.9 Å². The molecular weight excluding hydrogens is 248 g/mol. The Bertz CT molecular complexity index is 354. The molecule has 0 radical (unpaired) electrons. The van der Waals surface area contributed by atoms with E-state index < -0.39 is 0 Å². The highest BCUT2D eigenvalue weighted by Crippen LogP contribution is 2.49. The number of fused-ring (bicyclic) bond motifs is 1. The summed E-state index contributed by atoms with van der Waals surface area (Å²) in [6.07, 6.45) is 3.61. The first kappa shape index (κ1) is 14.3. The second-order valence-electron chi connectivity index (χ2n) is 5.55. The second kappa shape index (κ2) is 5.90. The summed E-state index contributed by atoms with van der Waals surface area (Å²) in [5.74, 6) is -0.274. The van der Waals surface area contributed by atoms with Crippen LogP contribution in [0.5, 0.6) is 0 Å². The first-order valence-corrected chi connectivity index (χ1v) is 7.02. The number of hydrogen-bond acceptors (Lipinski definition) is 5. The van der Waals surface area contributed by atoms with Gasteiger partial charge in [0.2, 0.25) is 0 Å². The molecule has 0 aromatic heterocycles. The van der Waals surface area contributed by atoms with E-state index in [-0.39, 0.29) is 30.4 Å². The van der Waals surface area contributed by atoms with Gasteiger partial charge in [-0.3, -0.25) is 9.59 Å². The van der Waals surface area contributed by atoms with Crippen molar-refractivity contribution < 1.29 is 23.8 Å². The van der Waals surface area contributed by atoms with Crippen molar-refractivity contribution in [2.24, 2.45) is 5.92 Å². The Hall–Kier alpha value is -1.10. The van der Waals surface area contributed by atoms with Gasteiger partial charge in [-0.2, -0.15) is 0 Å². The maximum absolute atomic E-state index is 11.5. The fourth-order valence-corrected chi connectivity index (χ4v) is 2.59. The van der Waals surface area contributed by atoms with Crippen LogP contribution in [0.1, 0.15) is 46.0 Å². The van der Waals surface area contributed by atoms with Crippen molar-refractivity contribution in [3.8, 4) is 0 Å². The van der Waals surface area contributed by atoms with Gasteiger partial charge >= 0.3 is 11.9 Å². The van der Waals surface area contributed by atoms with Crippen molar-refractivity contribution in [3.05, 3.63) is 0 Å². The first-order valence-electron chi connectivity index (χ1n) is 7.02. The Balaban J connectivity index is 1.58. The summed E-state index contributed by atoms with van der Waals surface area (Å²) >= 11 is 0. The predicted molar refractivity (Wildman–Crippen MR) is 67.4 cm³/mol. The highest BCUT2D eigenvalue weighted by Gasteiger charge is 2.55. The molecule has 0 amide bonds. The summed E-state index contributed by atoms with van der Waals surface area (Å²) in [7, 11) is 0. The molecule has 2 fully saturated rings. The summed E-state index contributed by atoms with van der Waals surface area (Å²) in [6.45, 7) is 4.67. The zero-order valence-electron chi connectivity index (χ0n) is 11.6. The van der Waals surface area contributed by atoms with Crippen molar-refractivity contribution in [3.63, 3.8) is 0 Å². The van der Waals surface area contributed by atoms with E-state index in [9.17, 15) is 9.59 Å². The molecule has 1 saturated heterocycles. The molecule has 1 saturated carbocycles. The van der Waals surface area contributed by atoms with Crippen LogP contribution in [0, 0.1) is 5.92 Å². The molecule has 3 unspecified atom stereocenters. The van der Waals surface area contributed by atoms with Crippen LogP contribution in [0.15, 0.2) is 0 Å². The van der Waals surface area contributed by atoms with Crippen molar-refractivity contribution in [1.82, 2.24) is 0 Å². The van der Waals surface area contributed by atoms with Gasteiger partial charge in [0, 0.05) is 0 Å².